The number of aliphatic carboxylic acids is 1. The van der Waals surface area contributed by atoms with Gasteiger partial charge in [-0.15, -0.1) is 0 Å². The van der Waals surface area contributed by atoms with Crippen molar-refractivity contribution in [3.63, 3.8) is 0 Å². The number of fused-ring (bicyclic) bond motifs is 2. The number of aliphatic hydroxyl groups excluding tert-OH is 3. The third-order valence-electron chi connectivity index (χ3n) is 17.8. The number of aromatic carboxylic acids is 1. The number of carboxylic acids is 2. The van der Waals surface area contributed by atoms with Crippen LogP contribution in [0.3, 0.4) is 0 Å². The number of likely N-dealkylation sites (N-methyl/N-ethyl adjacent to an activating group) is 1. The van der Waals surface area contributed by atoms with Crippen molar-refractivity contribution in [2.75, 3.05) is 43.5 Å². The van der Waals surface area contributed by atoms with Gasteiger partial charge in [0, 0.05) is 61.2 Å². The number of benzene rings is 3. The topological polar surface area (TPSA) is 294 Å². The Labute approximate surface area is 490 Å². The maximum Gasteiger partial charge on any atom is 0.409 e. The summed E-state index contributed by atoms with van der Waals surface area (Å²) in [7, 11) is 1.64. The Morgan fingerprint density at radius 2 is 1.67 bits per heavy atom. The molecule has 5 heterocycles. The molecule has 4 aliphatic carbocycles. The summed E-state index contributed by atoms with van der Waals surface area (Å²) in [5.74, 6) is -2.30. The van der Waals surface area contributed by atoms with Gasteiger partial charge in [0.25, 0.3) is 5.91 Å². The Morgan fingerprint density at radius 3 is 2.42 bits per heavy atom. The normalized spacial score (nSPS) is 26.9. The highest BCUT2D eigenvalue weighted by atomic mass is 32.1. The van der Waals surface area contributed by atoms with Gasteiger partial charge in [0.05, 0.1) is 28.6 Å². The Kier molecular flexibility index (Phi) is 16.4. The molecule has 0 spiro atoms. The molecule has 2 amide bonds. The van der Waals surface area contributed by atoms with E-state index in [1.807, 2.05) is 77.2 Å². The Hall–Kier alpha value is -7.05. The molecule has 8 N–H and O–H groups in total. The lowest BCUT2D eigenvalue weighted by Gasteiger charge is -2.69. The van der Waals surface area contributed by atoms with Gasteiger partial charge in [-0.05, 0) is 147 Å². The lowest BCUT2D eigenvalue weighted by atomic mass is 9.39. The predicted molar refractivity (Wildman–Crippen MR) is 312 cm³/mol. The van der Waals surface area contributed by atoms with Crippen LogP contribution in [-0.4, -0.2) is 144 Å². The third kappa shape index (κ3) is 12.0. The van der Waals surface area contributed by atoms with Crippen molar-refractivity contribution < 1.29 is 63.7 Å². The molecule has 3 aromatic heterocycles. The quantitative estimate of drug-likeness (QED) is 0.0339. The number of hydrogen-bond donors (Lipinski definition) is 7. The van der Waals surface area contributed by atoms with E-state index >= 15 is 0 Å². The molecule has 12 rings (SSSR count). The first-order chi connectivity index (χ1) is 40.1. The molecule has 21 nitrogen and oxygen atoms in total. The Balaban J connectivity index is 0.741. The SMILES string of the molecule is Cc1c(-c2ccc(N3CCc4cccc(C(=O)Nc5nc6ccccc6s5)c4C3)nc2C(=O)O)cnn1CC12CC3(C)CC(C)(C1)CC(OCCN(C)C(=O)OCc1ccc(CCCCCN)cc1O[C@@H]1O[C@H](C(=O)O)[C@@H](O)[C@H](O)[C@H]1O)(C3)C2. The number of nitrogens with one attached hydrogen (secondary N) is 1. The van der Waals surface area contributed by atoms with Crippen LogP contribution in [0.25, 0.3) is 21.3 Å². The van der Waals surface area contributed by atoms with Gasteiger partial charge >= 0.3 is 18.0 Å². The van der Waals surface area contributed by atoms with Gasteiger partial charge in [0.15, 0.2) is 16.9 Å². The summed E-state index contributed by atoms with van der Waals surface area (Å²) in [4.78, 5) is 65.2. The molecule has 5 fully saturated rings. The number of aryl methyl sites for hydroxylation is 1. The van der Waals surface area contributed by atoms with E-state index in [0.29, 0.717) is 72.2 Å². The molecule has 3 aromatic carbocycles. The maximum absolute atomic E-state index is 13.8. The number of aromatic nitrogens is 4. The fraction of sp³-hybridized carbons (Fsp3) is 0.500. The van der Waals surface area contributed by atoms with Crippen LogP contribution < -0.4 is 20.7 Å². The highest BCUT2D eigenvalue weighted by molar-refractivity contribution is 7.22. The standard InChI is InChI=1S/C62H74N8O13S/c1-36-42(40-18-19-47(66-48(40)54(75)76)69-22-20-38-12-10-13-41(43(38)27-69)53(74)67-57-65-44-14-7-8-15-46(44)84-57)26-64-70(36)35-61-30-59(2)29-60(3,31-61)33-62(32-59,34-61)81-24-23-68(4)58(79)80-28-39-17-16-37(11-6-5-9-21-63)25-45(39)82-56-51(73)49(71)50(72)52(83-56)55(77)78/h7-8,10,12-19,25-26,49-52,56,71-73H,5-6,9,11,20-24,27-35,63H2,1-4H3,(H,75,76)(H,77,78)(H,65,67,74)/t49-,50-,51+,52-,56+,59?,60?,61?,62?/m0/s1. The number of aliphatic hydroxyl groups is 3. The van der Waals surface area contributed by atoms with E-state index in [0.717, 1.165) is 90.4 Å². The number of anilines is 2. The van der Waals surface area contributed by atoms with E-state index in [1.54, 1.807) is 25.4 Å². The van der Waals surface area contributed by atoms with Crippen LogP contribution >= 0.6 is 11.3 Å². The van der Waals surface area contributed by atoms with Gasteiger partial charge in [-0.2, -0.15) is 5.10 Å². The second kappa shape index (κ2) is 23.4. The highest BCUT2D eigenvalue weighted by Gasteiger charge is 2.66. The Morgan fingerprint density at radius 1 is 0.881 bits per heavy atom. The van der Waals surface area contributed by atoms with Gasteiger partial charge in [-0.1, -0.05) is 68.0 Å². The van der Waals surface area contributed by atoms with E-state index in [2.05, 4.69) is 24.1 Å². The molecular weight excluding hydrogens is 1100 g/mol. The van der Waals surface area contributed by atoms with Gasteiger partial charge in [-0.25, -0.2) is 24.4 Å². The molecule has 2 unspecified atom stereocenters. The van der Waals surface area contributed by atoms with Crippen LogP contribution in [0.15, 0.2) is 79.0 Å². The van der Waals surface area contributed by atoms with E-state index in [1.165, 1.54) is 16.2 Å². The van der Waals surface area contributed by atoms with Gasteiger partial charge in [0.1, 0.15) is 36.5 Å². The zero-order chi connectivity index (χ0) is 59.3. The summed E-state index contributed by atoms with van der Waals surface area (Å²) in [6.45, 7) is 9.09. The van der Waals surface area contributed by atoms with Crippen LogP contribution in [0.2, 0.25) is 0 Å². The lowest BCUT2D eigenvalue weighted by molar-refractivity contribution is -0.271. The molecule has 84 heavy (non-hydrogen) atoms. The van der Waals surface area contributed by atoms with Gasteiger partial charge in [0.2, 0.25) is 6.29 Å². The number of pyridine rings is 1. The second-order valence-corrected chi connectivity index (χ2v) is 25.8. The number of para-hydroxylation sites is 1. The van der Waals surface area contributed by atoms with E-state index < -0.39 is 54.3 Å². The molecule has 7 atom stereocenters. The smallest absolute Gasteiger partial charge is 0.409 e. The van der Waals surface area contributed by atoms with Crippen LogP contribution in [0.1, 0.15) is 120 Å². The lowest BCUT2D eigenvalue weighted by Crippen LogP contribution is -2.64. The van der Waals surface area contributed by atoms with Crippen LogP contribution in [-0.2, 0) is 51.5 Å². The molecular formula is C62H74N8O13S. The predicted octanol–water partition coefficient (Wildman–Crippen LogP) is 7.72. The zero-order valence-corrected chi connectivity index (χ0v) is 48.6. The van der Waals surface area contributed by atoms with Crippen molar-refractivity contribution in [2.45, 2.75) is 147 Å². The summed E-state index contributed by atoms with van der Waals surface area (Å²) < 4.78 is 27.2. The summed E-state index contributed by atoms with van der Waals surface area (Å²) in [5.41, 5.74) is 11.5. The number of ether oxygens (including phenoxy) is 4. The fourth-order valence-electron chi connectivity index (χ4n) is 15.1. The minimum absolute atomic E-state index is 0.00464. The van der Waals surface area contributed by atoms with Crippen molar-refractivity contribution in [1.82, 2.24) is 24.6 Å². The van der Waals surface area contributed by atoms with Crippen LogP contribution in [0.5, 0.6) is 5.75 Å². The minimum atomic E-state index is -1.89. The monoisotopic (exact) mass is 1170 g/mol. The number of hydrogen-bond acceptors (Lipinski definition) is 17. The number of rotatable bonds is 21. The summed E-state index contributed by atoms with van der Waals surface area (Å²) in [6, 6.07) is 22.4. The number of unbranched alkanes of at least 4 members (excludes halogenated alkanes) is 2. The molecule has 4 bridgehead atoms. The van der Waals surface area contributed by atoms with Crippen molar-refractivity contribution in [3.05, 3.63) is 118 Å². The number of carbonyl (C=O) groups excluding carboxylic acids is 2. The molecule has 6 aromatic rings. The van der Waals surface area contributed by atoms with Crippen LogP contribution in [0.4, 0.5) is 15.7 Å². The highest BCUT2D eigenvalue weighted by Crippen LogP contribution is 2.72. The zero-order valence-electron chi connectivity index (χ0n) is 47.8. The number of nitrogens with two attached hydrogens (primary N) is 1. The first-order valence-corrected chi connectivity index (χ1v) is 29.7. The number of nitrogens with zero attached hydrogens (tertiary/aromatic N) is 6. The molecule has 2 aliphatic heterocycles. The van der Waals surface area contributed by atoms with E-state index in [9.17, 15) is 44.7 Å². The molecule has 1 saturated heterocycles. The number of carboxylic acid groups (broad SMARTS) is 2. The summed E-state index contributed by atoms with van der Waals surface area (Å²) in [6.07, 6.45) is 1.57. The number of carbonyl (C=O) groups is 4. The summed E-state index contributed by atoms with van der Waals surface area (Å²) in [5, 5.41) is 60.3. The molecule has 6 aliphatic rings. The van der Waals surface area contributed by atoms with Crippen LogP contribution in [0, 0.1) is 23.2 Å². The third-order valence-corrected chi connectivity index (χ3v) is 18.8. The first-order valence-electron chi connectivity index (χ1n) is 28.9. The fourth-order valence-corrected chi connectivity index (χ4v) is 15.9. The second-order valence-electron chi connectivity index (χ2n) is 24.8. The van der Waals surface area contributed by atoms with Gasteiger partial charge < -0.3 is 60.0 Å². The van der Waals surface area contributed by atoms with E-state index in [4.69, 9.17) is 34.8 Å². The average Bonchev–Trinajstić information content (AvgIpc) is 0.835. The van der Waals surface area contributed by atoms with Gasteiger partial charge in [-0.3, -0.25) is 14.8 Å². The van der Waals surface area contributed by atoms with E-state index in [-0.39, 0.29) is 53.4 Å². The molecule has 0 radical (unpaired) electrons. The van der Waals surface area contributed by atoms with Crippen molar-refractivity contribution in [3.8, 4) is 16.9 Å². The molecule has 446 valence electrons. The largest absolute Gasteiger partial charge is 0.479 e. The summed E-state index contributed by atoms with van der Waals surface area (Å²) >= 11 is 1.42. The molecule has 22 heteroatoms. The number of amides is 2. The number of thiazole rings is 1. The average molecular weight is 1170 g/mol. The van der Waals surface area contributed by atoms with Crippen molar-refractivity contribution in [2.24, 2.45) is 22.0 Å². The Bertz CT molecular complexity index is 3430. The van der Waals surface area contributed by atoms with Crippen molar-refractivity contribution in [1.29, 1.82) is 0 Å². The molecule has 4 saturated carbocycles. The maximum atomic E-state index is 13.8. The van der Waals surface area contributed by atoms with Crippen molar-refractivity contribution >= 4 is 56.4 Å². The first kappa shape index (κ1) is 58.7. The minimum Gasteiger partial charge on any atom is -0.479 e.